The van der Waals surface area contributed by atoms with E-state index in [1.54, 1.807) is 6.20 Å². The molecular weight excluding hydrogens is 164 g/mol. The molecule has 2 N–H and O–H groups in total. The van der Waals surface area contributed by atoms with Crippen LogP contribution in [0, 0.1) is 5.92 Å². The van der Waals surface area contributed by atoms with E-state index in [1.165, 1.54) is 6.42 Å². The van der Waals surface area contributed by atoms with Crippen molar-refractivity contribution in [3.63, 3.8) is 0 Å². The average Bonchev–Trinajstić information content (AvgIpc) is 2.82. The van der Waals surface area contributed by atoms with E-state index in [4.69, 9.17) is 0 Å². The summed E-state index contributed by atoms with van der Waals surface area (Å²) in [6.45, 7) is 2.23. The molecule has 1 aromatic heterocycles. The van der Waals surface area contributed by atoms with Gasteiger partial charge in [-0.2, -0.15) is 4.98 Å². The number of nitrogens with zero attached hydrogens (tertiary/aromatic N) is 2. The Morgan fingerprint density at radius 1 is 1.54 bits per heavy atom. The first-order valence-electron chi connectivity index (χ1n) is 4.57. The van der Waals surface area contributed by atoms with E-state index in [2.05, 4.69) is 27.5 Å². The average molecular weight is 178 g/mol. The molecule has 2 atom stereocenters. The van der Waals surface area contributed by atoms with E-state index in [9.17, 15) is 0 Å². The molecule has 1 aromatic rings. The van der Waals surface area contributed by atoms with Crippen LogP contribution in [0.25, 0.3) is 0 Å². The van der Waals surface area contributed by atoms with Gasteiger partial charge in [0.25, 0.3) is 0 Å². The normalized spacial score (nSPS) is 25.4. The fourth-order valence-electron chi connectivity index (χ4n) is 1.27. The third kappa shape index (κ3) is 1.88. The minimum absolute atomic E-state index is 0.611. The molecule has 13 heavy (non-hydrogen) atoms. The molecule has 0 bridgehead atoms. The number of anilines is 2. The van der Waals surface area contributed by atoms with Crippen molar-refractivity contribution in [3.8, 4) is 0 Å². The van der Waals surface area contributed by atoms with E-state index in [0.717, 1.165) is 11.7 Å². The number of hydrogen-bond acceptors (Lipinski definition) is 4. The van der Waals surface area contributed by atoms with Gasteiger partial charge in [-0.15, -0.1) is 0 Å². The molecule has 1 fully saturated rings. The Morgan fingerprint density at radius 2 is 2.31 bits per heavy atom. The van der Waals surface area contributed by atoms with E-state index in [1.807, 2.05) is 13.1 Å². The van der Waals surface area contributed by atoms with Gasteiger partial charge in [0.2, 0.25) is 5.95 Å². The Morgan fingerprint density at radius 3 is 2.92 bits per heavy atom. The van der Waals surface area contributed by atoms with Crippen molar-refractivity contribution in [1.82, 2.24) is 9.97 Å². The highest BCUT2D eigenvalue weighted by atomic mass is 15.1. The molecule has 1 aliphatic carbocycles. The predicted molar refractivity (Wildman–Crippen MR) is 52.8 cm³/mol. The molecule has 0 radical (unpaired) electrons. The maximum atomic E-state index is 4.27. The molecule has 0 amide bonds. The van der Waals surface area contributed by atoms with Gasteiger partial charge in [-0.1, -0.05) is 6.92 Å². The third-order valence-corrected chi connectivity index (χ3v) is 2.32. The molecule has 4 heteroatoms. The molecule has 2 unspecified atom stereocenters. The van der Waals surface area contributed by atoms with Crippen molar-refractivity contribution in [2.45, 2.75) is 19.4 Å². The van der Waals surface area contributed by atoms with Crippen LogP contribution in [-0.4, -0.2) is 23.1 Å². The lowest BCUT2D eigenvalue weighted by atomic mass is 10.4. The van der Waals surface area contributed by atoms with Gasteiger partial charge in [-0.3, -0.25) is 0 Å². The van der Waals surface area contributed by atoms with Crippen molar-refractivity contribution in [3.05, 3.63) is 12.3 Å². The Bertz CT molecular complexity index is 299. The van der Waals surface area contributed by atoms with Crippen LogP contribution in [0.3, 0.4) is 0 Å². The van der Waals surface area contributed by atoms with Crippen molar-refractivity contribution >= 4 is 11.8 Å². The van der Waals surface area contributed by atoms with Gasteiger partial charge >= 0.3 is 0 Å². The SMILES string of the molecule is CNc1nccc(NC2CC2C)n1. The third-order valence-electron chi connectivity index (χ3n) is 2.32. The van der Waals surface area contributed by atoms with Crippen LogP contribution in [-0.2, 0) is 0 Å². The topological polar surface area (TPSA) is 49.8 Å². The van der Waals surface area contributed by atoms with E-state index < -0.39 is 0 Å². The lowest BCUT2D eigenvalue weighted by molar-refractivity contribution is 0.922. The standard InChI is InChI=1S/C9H14N4/c1-6-5-7(6)12-8-3-4-11-9(10-2)13-8/h3-4,6-7H,5H2,1-2H3,(H2,10,11,12,13). The summed E-state index contributed by atoms with van der Waals surface area (Å²) in [6, 6.07) is 2.51. The van der Waals surface area contributed by atoms with Crippen molar-refractivity contribution in [2.75, 3.05) is 17.7 Å². The van der Waals surface area contributed by atoms with Gasteiger partial charge in [-0.25, -0.2) is 4.98 Å². The second kappa shape index (κ2) is 3.20. The second-order valence-corrected chi connectivity index (χ2v) is 3.48. The van der Waals surface area contributed by atoms with E-state index in [-0.39, 0.29) is 0 Å². The van der Waals surface area contributed by atoms with Crippen molar-refractivity contribution in [1.29, 1.82) is 0 Å². The lowest BCUT2D eigenvalue weighted by Crippen LogP contribution is -2.06. The summed E-state index contributed by atoms with van der Waals surface area (Å²) in [5.74, 6) is 2.36. The summed E-state index contributed by atoms with van der Waals surface area (Å²) in [5, 5.41) is 6.26. The first-order valence-corrected chi connectivity index (χ1v) is 4.57. The monoisotopic (exact) mass is 178 g/mol. The number of rotatable bonds is 3. The molecule has 2 rings (SSSR count). The molecule has 0 aromatic carbocycles. The smallest absolute Gasteiger partial charge is 0.224 e. The zero-order valence-electron chi connectivity index (χ0n) is 7.91. The van der Waals surface area contributed by atoms with Crippen LogP contribution >= 0.6 is 0 Å². The van der Waals surface area contributed by atoms with Crippen LogP contribution in [0.4, 0.5) is 11.8 Å². The summed E-state index contributed by atoms with van der Waals surface area (Å²) in [4.78, 5) is 8.31. The highest BCUT2D eigenvalue weighted by Gasteiger charge is 2.32. The molecule has 0 spiro atoms. The largest absolute Gasteiger partial charge is 0.367 e. The van der Waals surface area contributed by atoms with Crippen LogP contribution in [0.15, 0.2) is 12.3 Å². The molecule has 1 heterocycles. The molecule has 4 nitrogen and oxygen atoms in total. The lowest BCUT2D eigenvalue weighted by Gasteiger charge is -2.04. The molecule has 1 aliphatic rings. The first kappa shape index (κ1) is 8.29. The highest BCUT2D eigenvalue weighted by Crippen LogP contribution is 2.31. The number of aromatic nitrogens is 2. The van der Waals surface area contributed by atoms with Crippen LogP contribution < -0.4 is 10.6 Å². The number of hydrogen-bond donors (Lipinski definition) is 2. The zero-order chi connectivity index (χ0) is 9.26. The highest BCUT2D eigenvalue weighted by molar-refractivity contribution is 5.41. The number of nitrogens with one attached hydrogen (secondary N) is 2. The van der Waals surface area contributed by atoms with Gasteiger partial charge in [0.1, 0.15) is 5.82 Å². The minimum atomic E-state index is 0.611. The minimum Gasteiger partial charge on any atom is -0.367 e. The summed E-state index contributed by atoms with van der Waals surface area (Å²) < 4.78 is 0. The summed E-state index contributed by atoms with van der Waals surface area (Å²) >= 11 is 0. The first-order chi connectivity index (χ1) is 6.29. The summed E-state index contributed by atoms with van der Waals surface area (Å²) in [7, 11) is 1.82. The van der Waals surface area contributed by atoms with Gasteiger partial charge in [0.15, 0.2) is 0 Å². The Balaban J connectivity index is 2.03. The quantitative estimate of drug-likeness (QED) is 0.733. The van der Waals surface area contributed by atoms with Gasteiger partial charge < -0.3 is 10.6 Å². The van der Waals surface area contributed by atoms with Crippen LogP contribution in [0.5, 0.6) is 0 Å². The Labute approximate surface area is 77.8 Å². The van der Waals surface area contributed by atoms with Gasteiger partial charge in [0.05, 0.1) is 0 Å². The Kier molecular flexibility index (Phi) is 2.04. The molecule has 1 saturated carbocycles. The summed E-state index contributed by atoms with van der Waals surface area (Å²) in [6.07, 6.45) is 3.01. The molecular formula is C9H14N4. The maximum Gasteiger partial charge on any atom is 0.224 e. The fourth-order valence-corrected chi connectivity index (χ4v) is 1.27. The second-order valence-electron chi connectivity index (χ2n) is 3.48. The van der Waals surface area contributed by atoms with Gasteiger partial charge in [-0.05, 0) is 18.4 Å². The predicted octanol–water partition coefficient (Wildman–Crippen LogP) is 1.34. The molecule has 0 aliphatic heterocycles. The fraction of sp³-hybridized carbons (Fsp3) is 0.556. The van der Waals surface area contributed by atoms with Crippen molar-refractivity contribution < 1.29 is 0 Å². The maximum absolute atomic E-state index is 4.27. The summed E-state index contributed by atoms with van der Waals surface area (Å²) in [5.41, 5.74) is 0. The van der Waals surface area contributed by atoms with Gasteiger partial charge in [0, 0.05) is 19.3 Å². The van der Waals surface area contributed by atoms with Crippen molar-refractivity contribution in [2.24, 2.45) is 5.92 Å². The molecule has 70 valence electrons. The van der Waals surface area contributed by atoms with Crippen LogP contribution in [0.1, 0.15) is 13.3 Å². The van der Waals surface area contributed by atoms with E-state index >= 15 is 0 Å². The Hall–Kier alpha value is -1.32. The molecule has 0 saturated heterocycles. The zero-order valence-corrected chi connectivity index (χ0v) is 7.91. The van der Waals surface area contributed by atoms with Crippen LogP contribution in [0.2, 0.25) is 0 Å². The van der Waals surface area contributed by atoms with E-state index in [0.29, 0.717) is 12.0 Å².